The average molecular weight is 448 g/mol. The zero-order valence-corrected chi connectivity index (χ0v) is 17.4. The number of rotatable bonds is 6. The Morgan fingerprint density at radius 1 is 0.938 bits per heavy atom. The Morgan fingerprint density at radius 3 is 2.50 bits per heavy atom. The fourth-order valence-corrected chi connectivity index (χ4v) is 3.10. The number of nitrogens with one attached hydrogen (secondary N) is 4. The van der Waals surface area contributed by atoms with E-state index in [0.29, 0.717) is 27.9 Å². The van der Waals surface area contributed by atoms with E-state index in [0.717, 1.165) is 5.56 Å². The third-order valence-corrected chi connectivity index (χ3v) is 4.69. The molecule has 2 aromatic heterocycles. The van der Waals surface area contributed by atoms with Crippen LogP contribution in [0.15, 0.2) is 79.3 Å². The van der Waals surface area contributed by atoms with Gasteiger partial charge in [0.2, 0.25) is 0 Å². The molecule has 0 saturated carbocycles. The smallest absolute Gasteiger partial charge is 0.320 e. The molecule has 2 aromatic carbocycles. The van der Waals surface area contributed by atoms with Crippen molar-refractivity contribution in [3.8, 4) is 0 Å². The summed E-state index contributed by atoms with van der Waals surface area (Å²) in [6.07, 6.45) is 2.82. The number of H-pyrrole nitrogens is 1. The number of hydrogen-bond donors (Lipinski definition) is 4. The molecule has 160 valence electrons. The van der Waals surface area contributed by atoms with Gasteiger partial charge in [0.1, 0.15) is 18.2 Å². The molecule has 0 fully saturated rings. The highest BCUT2D eigenvalue weighted by atomic mass is 35.5. The average Bonchev–Trinajstić information content (AvgIpc) is 3.34. The van der Waals surface area contributed by atoms with Crippen LogP contribution in [-0.4, -0.2) is 32.1 Å². The minimum Gasteiger partial charge on any atom is -0.324 e. The van der Waals surface area contributed by atoms with E-state index in [1.165, 1.54) is 12.5 Å². The van der Waals surface area contributed by atoms with E-state index in [2.05, 4.69) is 36.1 Å². The maximum Gasteiger partial charge on any atom is 0.320 e. The molecule has 0 radical (unpaired) electrons. The molecule has 0 bridgehead atoms. The lowest BCUT2D eigenvalue weighted by Gasteiger charge is -2.17. The Kier molecular flexibility index (Phi) is 6.38. The number of pyridine rings is 1. The third-order valence-electron chi connectivity index (χ3n) is 4.47. The van der Waals surface area contributed by atoms with Crippen LogP contribution < -0.4 is 16.0 Å². The second kappa shape index (κ2) is 9.71. The van der Waals surface area contributed by atoms with Crippen LogP contribution >= 0.6 is 11.6 Å². The van der Waals surface area contributed by atoms with Crippen molar-refractivity contribution in [2.45, 2.75) is 6.04 Å². The molecule has 9 nitrogen and oxygen atoms in total. The number of hydrogen-bond acceptors (Lipinski definition) is 5. The Morgan fingerprint density at radius 2 is 1.78 bits per heavy atom. The molecule has 0 aliphatic rings. The maximum absolute atomic E-state index is 12.7. The topological polar surface area (TPSA) is 125 Å². The summed E-state index contributed by atoms with van der Waals surface area (Å²) in [4.78, 5) is 33.4. The first-order valence-electron chi connectivity index (χ1n) is 9.59. The molecule has 3 amide bonds. The van der Waals surface area contributed by atoms with Gasteiger partial charge in [-0.1, -0.05) is 48.0 Å². The third kappa shape index (κ3) is 5.27. The van der Waals surface area contributed by atoms with Gasteiger partial charge in [-0.25, -0.2) is 14.8 Å². The van der Waals surface area contributed by atoms with Crippen LogP contribution in [0.5, 0.6) is 0 Å². The summed E-state index contributed by atoms with van der Waals surface area (Å²) >= 11 is 5.81. The van der Waals surface area contributed by atoms with Crippen molar-refractivity contribution >= 4 is 35.0 Å². The minimum atomic E-state index is -0.527. The lowest BCUT2D eigenvalue weighted by molar-refractivity contribution is 0.102. The summed E-state index contributed by atoms with van der Waals surface area (Å²) in [5.41, 5.74) is 1.64. The number of nitrogens with zero attached hydrogens (tertiary/aromatic N) is 3. The number of aromatic amines is 1. The summed E-state index contributed by atoms with van der Waals surface area (Å²) in [5.74, 6) is 0.496. The van der Waals surface area contributed by atoms with Gasteiger partial charge in [0.15, 0.2) is 5.82 Å². The van der Waals surface area contributed by atoms with E-state index >= 15 is 0 Å². The van der Waals surface area contributed by atoms with Gasteiger partial charge < -0.3 is 16.0 Å². The van der Waals surface area contributed by atoms with E-state index in [1.54, 1.807) is 36.4 Å². The summed E-state index contributed by atoms with van der Waals surface area (Å²) in [6.45, 7) is 0. The van der Waals surface area contributed by atoms with Crippen molar-refractivity contribution in [3.05, 3.63) is 101 Å². The Hall–Kier alpha value is -4.24. The first kappa shape index (κ1) is 21.0. The summed E-state index contributed by atoms with van der Waals surface area (Å²) in [7, 11) is 0. The molecular formula is C22H18ClN7O2. The molecule has 1 atom stereocenters. The summed E-state index contributed by atoms with van der Waals surface area (Å²) in [6, 6.07) is 18.2. The van der Waals surface area contributed by atoms with Gasteiger partial charge in [-0.05, 0) is 35.9 Å². The van der Waals surface area contributed by atoms with Crippen molar-refractivity contribution in [2.24, 2.45) is 0 Å². The molecule has 4 aromatic rings. The molecule has 4 rings (SSSR count). The van der Waals surface area contributed by atoms with Crippen LogP contribution in [0.25, 0.3) is 0 Å². The molecule has 0 aliphatic heterocycles. The van der Waals surface area contributed by atoms with Crippen molar-refractivity contribution < 1.29 is 9.59 Å². The lowest BCUT2D eigenvalue weighted by atomic mass is 10.1. The van der Waals surface area contributed by atoms with Crippen LogP contribution in [0.2, 0.25) is 5.02 Å². The highest BCUT2D eigenvalue weighted by molar-refractivity contribution is 6.30. The van der Waals surface area contributed by atoms with Crippen LogP contribution in [0, 0.1) is 0 Å². The van der Waals surface area contributed by atoms with Gasteiger partial charge in [-0.2, -0.15) is 5.10 Å². The van der Waals surface area contributed by atoms with Gasteiger partial charge >= 0.3 is 6.03 Å². The number of urea groups is 1. The number of carbonyl (C=O) groups excluding carboxylic acids is 2. The Bertz CT molecular complexity index is 1200. The largest absolute Gasteiger partial charge is 0.324 e. The number of anilines is 2. The van der Waals surface area contributed by atoms with E-state index in [-0.39, 0.29) is 5.91 Å². The molecular weight excluding hydrogens is 430 g/mol. The first-order valence-corrected chi connectivity index (χ1v) is 9.97. The number of amides is 3. The van der Waals surface area contributed by atoms with Gasteiger partial charge in [-0.3, -0.25) is 9.89 Å². The second-order valence-corrected chi connectivity index (χ2v) is 7.15. The number of halogens is 1. The molecule has 4 N–H and O–H groups in total. The van der Waals surface area contributed by atoms with E-state index in [4.69, 9.17) is 11.6 Å². The van der Waals surface area contributed by atoms with Crippen molar-refractivity contribution in [3.63, 3.8) is 0 Å². The standard InChI is InChI=1S/C22H18ClN7O2/c23-16-9-10-18(24-12-16)28-21(31)15-7-4-8-17(11-15)27-22(32)29-19(20-25-13-26-30-20)14-5-2-1-3-6-14/h1-13,19H,(H,24,28,31)(H,25,26,30)(H2,27,29,32)/t19-/m0/s1. The van der Waals surface area contributed by atoms with Crippen LogP contribution in [0.3, 0.4) is 0 Å². The zero-order chi connectivity index (χ0) is 22.3. The van der Waals surface area contributed by atoms with Gasteiger partial charge in [-0.15, -0.1) is 0 Å². The lowest BCUT2D eigenvalue weighted by Crippen LogP contribution is -2.33. The fourth-order valence-electron chi connectivity index (χ4n) is 2.98. The monoisotopic (exact) mass is 447 g/mol. The number of carbonyl (C=O) groups is 2. The van der Waals surface area contributed by atoms with Gasteiger partial charge in [0.25, 0.3) is 5.91 Å². The molecule has 0 spiro atoms. The molecule has 10 heteroatoms. The van der Waals surface area contributed by atoms with Crippen LogP contribution in [-0.2, 0) is 0 Å². The van der Waals surface area contributed by atoms with E-state index in [1.807, 2.05) is 30.3 Å². The molecule has 32 heavy (non-hydrogen) atoms. The summed E-state index contributed by atoms with van der Waals surface area (Å²) < 4.78 is 0. The first-order chi connectivity index (χ1) is 15.6. The normalized spacial score (nSPS) is 11.4. The minimum absolute atomic E-state index is 0.356. The summed E-state index contributed by atoms with van der Waals surface area (Å²) in [5, 5.41) is 15.4. The van der Waals surface area contributed by atoms with Crippen molar-refractivity contribution in [1.82, 2.24) is 25.5 Å². The van der Waals surface area contributed by atoms with Crippen molar-refractivity contribution in [1.29, 1.82) is 0 Å². The highest BCUT2D eigenvalue weighted by Crippen LogP contribution is 2.19. The van der Waals surface area contributed by atoms with E-state index in [9.17, 15) is 9.59 Å². The predicted octanol–water partition coefficient (Wildman–Crippen LogP) is 4.02. The fraction of sp³-hybridized carbons (Fsp3) is 0.0455. The Labute approximate surface area is 188 Å². The quantitative estimate of drug-likeness (QED) is 0.355. The number of aromatic nitrogens is 4. The predicted molar refractivity (Wildman–Crippen MR) is 120 cm³/mol. The SMILES string of the molecule is O=C(Nc1cccc(C(=O)Nc2ccc(Cl)cn2)c1)N[C@@H](c1ccccc1)c1ncn[nH]1. The van der Waals surface area contributed by atoms with Gasteiger partial charge in [0, 0.05) is 17.4 Å². The zero-order valence-electron chi connectivity index (χ0n) is 16.6. The van der Waals surface area contributed by atoms with Crippen molar-refractivity contribution in [2.75, 3.05) is 10.6 Å². The van der Waals surface area contributed by atoms with Gasteiger partial charge in [0.05, 0.1) is 5.02 Å². The molecule has 2 heterocycles. The molecule has 0 saturated heterocycles. The molecule has 0 unspecified atom stereocenters. The Balaban J connectivity index is 1.45. The van der Waals surface area contributed by atoms with E-state index < -0.39 is 12.1 Å². The van der Waals surface area contributed by atoms with Crippen LogP contribution in [0.1, 0.15) is 27.8 Å². The number of benzene rings is 2. The second-order valence-electron chi connectivity index (χ2n) is 6.71. The maximum atomic E-state index is 12.7. The highest BCUT2D eigenvalue weighted by Gasteiger charge is 2.19. The molecule has 0 aliphatic carbocycles. The van der Waals surface area contributed by atoms with Crippen LogP contribution in [0.4, 0.5) is 16.3 Å².